The van der Waals surface area contributed by atoms with Crippen molar-refractivity contribution in [3.63, 3.8) is 0 Å². The third-order valence-electron chi connectivity index (χ3n) is 3.54. The number of nitrogens with one attached hydrogen (secondary N) is 1. The van der Waals surface area contributed by atoms with Gasteiger partial charge in [0.2, 0.25) is 0 Å². The Morgan fingerprint density at radius 2 is 1.90 bits per heavy atom. The molecule has 3 aromatic rings. The second-order valence-corrected chi connectivity index (χ2v) is 5.00. The molecule has 1 heterocycles. The Kier molecular flexibility index (Phi) is 4.22. The molecule has 3 nitrogen and oxygen atoms in total. The predicted molar refractivity (Wildman–Crippen MR) is 84.6 cm³/mol. The van der Waals surface area contributed by atoms with Gasteiger partial charge in [0.1, 0.15) is 6.10 Å². The van der Waals surface area contributed by atoms with Crippen LogP contribution in [0.4, 0.5) is 0 Å². The lowest BCUT2D eigenvalue weighted by Gasteiger charge is -2.19. The highest BCUT2D eigenvalue weighted by atomic mass is 16.5. The molecule has 0 bridgehead atoms. The minimum atomic E-state index is 0.00866. The summed E-state index contributed by atoms with van der Waals surface area (Å²) < 4.78 is 11.8. The van der Waals surface area contributed by atoms with Crippen molar-refractivity contribution in [2.75, 3.05) is 13.6 Å². The van der Waals surface area contributed by atoms with Gasteiger partial charge in [0.15, 0.2) is 11.3 Å². The van der Waals surface area contributed by atoms with Crippen molar-refractivity contribution in [2.24, 2.45) is 0 Å². The zero-order chi connectivity index (χ0) is 14.5. The molecule has 0 spiro atoms. The molecule has 0 saturated carbocycles. The largest absolute Gasteiger partial charge is 0.482 e. The highest BCUT2D eigenvalue weighted by Crippen LogP contribution is 2.31. The molecule has 0 aliphatic rings. The van der Waals surface area contributed by atoms with Crippen LogP contribution in [0.3, 0.4) is 0 Å². The Labute approximate surface area is 124 Å². The van der Waals surface area contributed by atoms with E-state index in [4.69, 9.17) is 9.15 Å². The first-order valence-corrected chi connectivity index (χ1v) is 7.21. The molecule has 21 heavy (non-hydrogen) atoms. The fourth-order valence-corrected chi connectivity index (χ4v) is 2.45. The van der Waals surface area contributed by atoms with Gasteiger partial charge in [-0.1, -0.05) is 42.5 Å². The van der Waals surface area contributed by atoms with E-state index in [0.29, 0.717) is 0 Å². The van der Waals surface area contributed by atoms with E-state index in [2.05, 4.69) is 17.4 Å². The van der Waals surface area contributed by atoms with Crippen molar-refractivity contribution in [1.82, 2.24) is 5.32 Å². The van der Waals surface area contributed by atoms with Gasteiger partial charge in [0, 0.05) is 11.8 Å². The van der Waals surface area contributed by atoms with Crippen molar-refractivity contribution in [3.8, 4) is 5.75 Å². The van der Waals surface area contributed by atoms with Gasteiger partial charge in [-0.3, -0.25) is 0 Å². The quantitative estimate of drug-likeness (QED) is 0.736. The lowest BCUT2D eigenvalue weighted by atomic mass is 10.1. The molecule has 0 amide bonds. The first-order valence-electron chi connectivity index (χ1n) is 7.21. The first kappa shape index (κ1) is 13.7. The lowest BCUT2D eigenvalue weighted by Crippen LogP contribution is -2.16. The van der Waals surface area contributed by atoms with Crippen LogP contribution in [0.5, 0.6) is 5.75 Å². The van der Waals surface area contributed by atoms with Crippen LogP contribution in [-0.4, -0.2) is 13.6 Å². The molecule has 108 valence electrons. The third kappa shape index (κ3) is 3.09. The number of fused-ring (bicyclic) bond motifs is 1. The smallest absolute Gasteiger partial charge is 0.175 e. The fourth-order valence-electron chi connectivity index (χ4n) is 2.45. The maximum Gasteiger partial charge on any atom is 0.175 e. The lowest BCUT2D eigenvalue weighted by molar-refractivity contribution is 0.195. The Hall–Kier alpha value is -2.26. The zero-order valence-electron chi connectivity index (χ0n) is 12.1. The molecule has 0 radical (unpaired) electrons. The summed E-state index contributed by atoms with van der Waals surface area (Å²) in [6.07, 6.45) is 2.61. The van der Waals surface area contributed by atoms with Gasteiger partial charge >= 0.3 is 0 Å². The SMILES string of the molecule is CNCC[C@H](Oc1cccc2ccoc12)c1ccccc1. The predicted octanol–water partition coefficient (Wildman–Crippen LogP) is 4.16. The van der Waals surface area contributed by atoms with E-state index in [1.165, 1.54) is 5.56 Å². The zero-order valence-corrected chi connectivity index (χ0v) is 12.1. The number of ether oxygens (including phenoxy) is 1. The van der Waals surface area contributed by atoms with E-state index in [-0.39, 0.29) is 6.10 Å². The van der Waals surface area contributed by atoms with Crippen molar-refractivity contribution in [3.05, 3.63) is 66.4 Å². The molecular weight excluding hydrogens is 262 g/mol. The van der Waals surface area contributed by atoms with Crippen molar-refractivity contribution in [2.45, 2.75) is 12.5 Å². The van der Waals surface area contributed by atoms with E-state index in [1.807, 2.05) is 49.5 Å². The summed E-state index contributed by atoms with van der Waals surface area (Å²) in [6, 6.07) is 18.2. The van der Waals surface area contributed by atoms with Gasteiger partial charge in [-0.05, 0) is 31.3 Å². The molecule has 0 aliphatic heterocycles. The number of hydrogen-bond donors (Lipinski definition) is 1. The van der Waals surface area contributed by atoms with E-state index >= 15 is 0 Å². The van der Waals surface area contributed by atoms with Gasteiger partial charge in [-0.2, -0.15) is 0 Å². The van der Waals surface area contributed by atoms with Crippen LogP contribution in [0.25, 0.3) is 11.0 Å². The summed E-state index contributed by atoms with van der Waals surface area (Å²) in [5, 5.41) is 4.25. The monoisotopic (exact) mass is 281 g/mol. The molecule has 0 fully saturated rings. The fraction of sp³-hybridized carbons (Fsp3) is 0.222. The van der Waals surface area contributed by atoms with Crippen LogP contribution in [0.1, 0.15) is 18.1 Å². The standard InChI is InChI=1S/C18H19NO2/c1-19-12-10-16(14-6-3-2-4-7-14)21-17-9-5-8-15-11-13-20-18(15)17/h2-9,11,13,16,19H,10,12H2,1H3/t16-/m0/s1. The van der Waals surface area contributed by atoms with Crippen LogP contribution in [0, 0.1) is 0 Å². The van der Waals surface area contributed by atoms with Crippen LogP contribution in [0.15, 0.2) is 65.3 Å². The average Bonchev–Trinajstić information content (AvgIpc) is 3.01. The summed E-state index contributed by atoms with van der Waals surface area (Å²) in [5.74, 6) is 0.794. The number of furan rings is 1. The first-order chi connectivity index (χ1) is 10.4. The molecule has 1 aromatic heterocycles. The molecule has 0 aliphatic carbocycles. The van der Waals surface area contributed by atoms with E-state index in [1.54, 1.807) is 6.26 Å². The maximum absolute atomic E-state index is 6.24. The number of rotatable bonds is 6. The van der Waals surface area contributed by atoms with Crippen molar-refractivity contribution < 1.29 is 9.15 Å². The van der Waals surface area contributed by atoms with Crippen LogP contribution >= 0.6 is 0 Å². The van der Waals surface area contributed by atoms with Crippen LogP contribution in [-0.2, 0) is 0 Å². The Morgan fingerprint density at radius 1 is 1.05 bits per heavy atom. The molecule has 0 saturated heterocycles. The van der Waals surface area contributed by atoms with Gasteiger partial charge in [-0.15, -0.1) is 0 Å². The van der Waals surface area contributed by atoms with Gasteiger partial charge in [0.05, 0.1) is 6.26 Å². The molecule has 1 atom stereocenters. The minimum absolute atomic E-state index is 0.00866. The highest BCUT2D eigenvalue weighted by Gasteiger charge is 2.15. The van der Waals surface area contributed by atoms with Crippen LogP contribution < -0.4 is 10.1 Å². The van der Waals surface area contributed by atoms with E-state index in [0.717, 1.165) is 29.7 Å². The summed E-state index contributed by atoms with van der Waals surface area (Å²) in [5.41, 5.74) is 1.99. The molecule has 3 rings (SSSR count). The topological polar surface area (TPSA) is 34.4 Å². The molecule has 3 heteroatoms. The molecule has 0 unspecified atom stereocenters. The molecule has 1 N–H and O–H groups in total. The number of para-hydroxylation sites is 1. The Morgan fingerprint density at radius 3 is 2.71 bits per heavy atom. The van der Waals surface area contributed by atoms with Crippen molar-refractivity contribution in [1.29, 1.82) is 0 Å². The maximum atomic E-state index is 6.24. The van der Waals surface area contributed by atoms with Gasteiger partial charge < -0.3 is 14.5 Å². The normalized spacial score (nSPS) is 12.4. The van der Waals surface area contributed by atoms with Crippen molar-refractivity contribution >= 4 is 11.0 Å². The van der Waals surface area contributed by atoms with Gasteiger partial charge in [-0.25, -0.2) is 0 Å². The summed E-state index contributed by atoms with van der Waals surface area (Å²) in [4.78, 5) is 0. The number of benzene rings is 2. The van der Waals surface area contributed by atoms with Gasteiger partial charge in [0.25, 0.3) is 0 Å². The Bertz CT molecular complexity index is 691. The number of hydrogen-bond acceptors (Lipinski definition) is 3. The molecular formula is C18H19NO2. The Balaban J connectivity index is 1.89. The van der Waals surface area contributed by atoms with Crippen LogP contribution in [0.2, 0.25) is 0 Å². The third-order valence-corrected chi connectivity index (χ3v) is 3.54. The second kappa shape index (κ2) is 6.46. The van der Waals surface area contributed by atoms with E-state index in [9.17, 15) is 0 Å². The summed E-state index contributed by atoms with van der Waals surface area (Å²) in [7, 11) is 1.95. The summed E-state index contributed by atoms with van der Waals surface area (Å²) >= 11 is 0. The molecule has 2 aromatic carbocycles. The second-order valence-electron chi connectivity index (χ2n) is 5.00. The van der Waals surface area contributed by atoms with E-state index < -0.39 is 0 Å². The minimum Gasteiger partial charge on any atom is -0.482 e. The average molecular weight is 281 g/mol. The summed E-state index contributed by atoms with van der Waals surface area (Å²) in [6.45, 7) is 0.897. The highest BCUT2D eigenvalue weighted by molar-refractivity contribution is 5.82.